The molecule has 1 aromatic heterocycles. The van der Waals surface area contributed by atoms with E-state index in [2.05, 4.69) is 10.6 Å². The number of benzene rings is 1. The zero-order valence-electron chi connectivity index (χ0n) is 16.7. The summed E-state index contributed by atoms with van der Waals surface area (Å²) in [4.78, 5) is 36.8. The maximum atomic E-state index is 12.6. The lowest BCUT2D eigenvalue weighted by molar-refractivity contribution is -0.124. The third kappa shape index (κ3) is 5.74. The standard InChI is InChI=1S/C20H24N2O7/c1-5-12(2)21-18(23)11-29-20(25)13-9-16(26-3)17(27-4)10-14(13)22-19(24)15-7-6-8-28-15/h6-10,12H,5,11H2,1-4H3,(H,21,23)(H,22,24)/t12-/m0/s1. The van der Waals surface area contributed by atoms with Crippen molar-refractivity contribution in [2.45, 2.75) is 26.3 Å². The van der Waals surface area contributed by atoms with E-state index in [9.17, 15) is 14.4 Å². The highest BCUT2D eigenvalue weighted by Gasteiger charge is 2.22. The number of rotatable bonds is 9. The van der Waals surface area contributed by atoms with Crippen LogP contribution in [0.1, 0.15) is 41.2 Å². The summed E-state index contributed by atoms with van der Waals surface area (Å²) >= 11 is 0. The molecule has 0 bridgehead atoms. The first-order chi connectivity index (χ1) is 13.9. The number of carbonyl (C=O) groups excluding carboxylic acids is 3. The molecule has 0 aliphatic heterocycles. The second-order valence-electron chi connectivity index (χ2n) is 6.14. The molecule has 0 aliphatic carbocycles. The normalized spacial score (nSPS) is 11.3. The molecule has 29 heavy (non-hydrogen) atoms. The minimum absolute atomic E-state index is 0.00102. The van der Waals surface area contributed by atoms with E-state index >= 15 is 0 Å². The fourth-order valence-corrected chi connectivity index (χ4v) is 2.37. The Bertz CT molecular complexity index is 862. The molecular weight excluding hydrogens is 380 g/mol. The monoisotopic (exact) mass is 404 g/mol. The molecule has 0 saturated carbocycles. The van der Waals surface area contributed by atoms with E-state index < -0.39 is 24.4 Å². The highest BCUT2D eigenvalue weighted by Crippen LogP contribution is 2.34. The van der Waals surface area contributed by atoms with Crippen molar-refractivity contribution < 1.29 is 33.0 Å². The molecule has 1 aromatic carbocycles. The van der Waals surface area contributed by atoms with Crippen LogP contribution in [0.4, 0.5) is 5.69 Å². The quantitative estimate of drug-likeness (QED) is 0.617. The highest BCUT2D eigenvalue weighted by atomic mass is 16.5. The number of nitrogens with one attached hydrogen (secondary N) is 2. The minimum Gasteiger partial charge on any atom is -0.493 e. The van der Waals surface area contributed by atoms with E-state index in [-0.39, 0.29) is 28.8 Å². The van der Waals surface area contributed by atoms with Crippen LogP contribution in [0.25, 0.3) is 0 Å². The van der Waals surface area contributed by atoms with Gasteiger partial charge < -0.3 is 29.3 Å². The molecule has 0 radical (unpaired) electrons. The summed E-state index contributed by atoms with van der Waals surface area (Å²) in [5, 5.41) is 5.28. The van der Waals surface area contributed by atoms with Crippen molar-refractivity contribution in [3.63, 3.8) is 0 Å². The van der Waals surface area contributed by atoms with Crippen molar-refractivity contribution in [2.24, 2.45) is 0 Å². The van der Waals surface area contributed by atoms with E-state index in [1.807, 2.05) is 13.8 Å². The molecule has 1 heterocycles. The number of ether oxygens (including phenoxy) is 3. The lowest BCUT2D eigenvalue weighted by atomic mass is 10.1. The first kappa shape index (κ1) is 21.8. The van der Waals surface area contributed by atoms with Gasteiger partial charge in [-0.1, -0.05) is 6.92 Å². The third-order valence-corrected chi connectivity index (χ3v) is 4.09. The third-order valence-electron chi connectivity index (χ3n) is 4.09. The van der Waals surface area contributed by atoms with Gasteiger partial charge in [0, 0.05) is 18.2 Å². The van der Waals surface area contributed by atoms with Crippen LogP contribution < -0.4 is 20.1 Å². The molecule has 0 saturated heterocycles. The summed E-state index contributed by atoms with van der Waals surface area (Å²) in [6.07, 6.45) is 2.10. The number of esters is 1. The van der Waals surface area contributed by atoms with Gasteiger partial charge >= 0.3 is 5.97 Å². The Balaban J connectivity index is 2.24. The van der Waals surface area contributed by atoms with Gasteiger partial charge in [-0.25, -0.2) is 4.79 Å². The summed E-state index contributed by atoms with van der Waals surface area (Å²) in [6, 6.07) is 5.80. The molecule has 2 rings (SSSR count). The van der Waals surface area contributed by atoms with Gasteiger partial charge in [-0.3, -0.25) is 9.59 Å². The number of methoxy groups -OCH3 is 2. The fourth-order valence-electron chi connectivity index (χ4n) is 2.37. The number of carbonyl (C=O) groups is 3. The second-order valence-corrected chi connectivity index (χ2v) is 6.14. The largest absolute Gasteiger partial charge is 0.493 e. The Morgan fingerprint density at radius 2 is 1.83 bits per heavy atom. The van der Waals surface area contributed by atoms with Crippen molar-refractivity contribution in [1.29, 1.82) is 0 Å². The summed E-state index contributed by atoms with van der Waals surface area (Å²) in [7, 11) is 2.83. The summed E-state index contributed by atoms with van der Waals surface area (Å²) in [5.41, 5.74) is 0.121. The molecule has 156 valence electrons. The number of hydrogen-bond acceptors (Lipinski definition) is 7. The van der Waals surface area contributed by atoms with Crippen LogP contribution in [0.3, 0.4) is 0 Å². The Morgan fingerprint density at radius 3 is 2.41 bits per heavy atom. The van der Waals surface area contributed by atoms with Crippen LogP contribution in [-0.4, -0.2) is 44.7 Å². The Hall–Kier alpha value is -3.49. The van der Waals surface area contributed by atoms with Crippen molar-refractivity contribution in [1.82, 2.24) is 5.32 Å². The van der Waals surface area contributed by atoms with Crippen molar-refractivity contribution >= 4 is 23.5 Å². The molecule has 0 aliphatic rings. The fraction of sp³-hybridized carbons (Fsp3) is 0.350. The van der Waals surface area contributed by atoms with E-state index in [0.29, 0.717) is 5.75 Å². The highest BCUT2D eigenvalue weighted by molar-refractivity contribution is 6.07. The first-order valence-corrected chi connectivity index (χ1v) is 8.96. The zero-order valence-corrected chi connectivity index (χ0v) is 16.7. The number of furan rings is 1. The average molecular weight is 404 g/mol. The first-order valence-electron chi connectivity index (χ1n) is 8.96. The molecule has 2 aromatic rings. The van der Waals surface area contributed by atoms with Gasteiger partial charge in [0.05, 0.1) is 31.7 Å². The predicted octanol–water partition coefficient (Wildman–Crippen LogP) is 2.62. The maximum absolute atomic E-state index is 12.6. The lowest BCUT2D eigenvalue weighted by Gasteiger charge is -2.15. The molecule has 0 unspecified atom stereocenters. The average Bonchev–Trinajstić information content (AvgIpc) is 3.26. The lowest BCUT2D eigenvalue weighted by Crippen LogP contribution is -2.35. The molecule has 0 spiro atoms. The van der Waals surface area contributed by atoms with Crippen LogP contribution in [0, 0.1) is 0 Å². The molecule has 2 amide bonds. The summed E-state index contributed by atoms with van der Waals surface area (Å²) < 4.78 is 20.6. The van der Waals surface area contributed by atoms with Crippen LogP contribution in [0.15, 0.2) is 34.9 Å². The number of anilines is 1. The van der Waals surface area contributed by atoms with Gasteiger partial charge in [0.15, 0.2) is 23.9 Å². The molecule has 1 atom stereocenters. The van der Waals surface area contributed by atoms with Crippen LogP contribution in [-0.2, 0) is 9.53 Å². The van der Waals surface area contributed by atoms with E-state index in [0.717, 1.165) is 6.42 Å². The Morgan fingerprint density at radius 1 is 1.14 bits per heavy atom. The number of hydrogen-bond donors (Lipinski definition) is 2. The predicted molar refractivity (Wildman–Crippen MR) is 104 cm³/mol. The minimum atomic E-state index is -0.806. The van der Waals surface area contributed by atoms with Crippen LogP contribution in [0.2, 0.25) is 0 Å². The van der Waals surface area contributed by atoms with E-state index in [1.165, 1.54) is 38.7 Å². The van der Waals surface area contributed by atoms with E-state index in [4.69, 9.17) is 18.6 Å². The number of amides is 2. The second kappa shape index (κ2) is 10.2. The van der Waals surface area contributed by atoms with Gasteiger partial charge in [-0.15, -0.1) is 0 Å². The molecule has 9 nitrogen and oxygen atoms in total. The molecule has 9 heteroatoms. The van der Waals surface area contributed by atoms with Gasteiger partial charge in [0.1, 0.15) is 0 Å². The van der Waals surface area contributed by atoms with Gasteiger partial charge in [0.2, 0.25) is 0 Å². The van der Waals surface area contributed by atoms with Gasteiger partial charge in [-0.2, -0.15) is 0 Å². The smallest absolute Gasteiger partial charge is 0.340 e. The summed E-state index contributed by atoms with van der Waals surface area (Å²) in [5.74, 6) is -1.17. The van der Waals surface area contributed by atoms with Crippen molar-refractivity contribution in [3.05, 3.63) is 41.9 Å². The summed E-state index contributed by atoms with van der Waals surface area (Å²) in [6.45, 7) is 3.31. The van der Waals surface area contributed by atoms with Crippen molar-refractivity contribution in [3.8, 4) is 11.5 Å². The zero-order chi connectivity index (χ0) is 21.4. The molecule has 2 N–H and O–H groups in total. The molecular formula is C20H24N2O7. The van der Waals surface area contributed by atoms with Crippen molar-refractivity contribution in [2.75, 3.05) is 26.1 Å². The van der Waals surface area contributed by atoms with Gasteiger partial charge in [-0.05, 0) is 25.5 Å². The molecule has 0 fully saturated rings. The topological polar surface area (TPSA) is 116 Å². The SMILES string of the molecule is CC[C@H](C)NC(=O)COC(=O)c1cc(OC)c(OC)cc1NC(=O)c1ccco1. The Labute approximate surface area is 168 Å². The maximum Gasteiger partial charge on any atom is 0.340 e. The Kier molecular flexibility index (Phi) is 7.64. The van der Waals surface area contributed by atoms with Crippen LogP contribution >= 0.6 is 0 Å². The van der Waals surface area contributed by atoms with Crippen LogP contribution in [0.5, 0.6) is 11.5 Å². The van der Waals surface area contributed by atoms with E-state index in [1.54, 1.807) is 6.07 Å². The van der Waals surface area contributed by atoms with Gasteiger partial charge in [0.25, 0.3) is 11.8 Å².